The van der Waals surface area contributed by atoms with Gasteiger partial charge in [0.25, 0.3) is 0 Å². The average molecular weight is 755 g/mol. The van der Waals surface area contributed by atoms with Crippen molar-refractivity contribution in [1.29, 1.82) is 0 Å². The van der Waals surface area contributed by atoms with Gasteiger partial charge < -0.3 is 35.4 Å². The van der Waals surface area contributed by atoms with Crippen LogP contribution in [0.25, 0.3) is 0 Å². The maximum atomic E-state index is 14.2. The molecule has 4 rings (SSSR count). The van der Waals surface area contributed by atoms with E-state index in [0.29, 0.717) is 12.5 Å². The number of amides is 6. The van der Waals surface area contributed by atoms with Crippen LogP contribution in [0.1, 0.15) is 52.5 Å². The fraction of sp³-hybridized carbons (Fsp3) is 0.500. The highest BCUT2D eigenvalue weighted by Crippen LogP contribution is 2.26. The Morgan fingerprint density at radius 1 is 0.944 bits per heavy atom. The van der Waals surface area contributed by atoms with E-state index in [0.717, 1.165) is 18.2 Å². The number of fused-ring (bicyclic) bond motifs is 2. The summed E-state index contributed by atoms with van der Waals surface area (Å²) in [5, 5.41) is 7.68. The van der Waals surface area contributed by atoms with Crippen molar-refractivity contribution in [3.63, 3.8) is 0 Å². The molecule has 3 fully saturated rings. The van der Waals surface area contributed by atoms with E-state index in [-0.39, 0.29) is 43.8 Å². The van der Waals surface area contributed by atoms with Crippen molar-refractivity contribution in [2.24, 2.45) is 5.92 Å². The Bertz CT molecular complexity index is 1700. The van der Waals surface area contributed by atoms with Crippen LogP contribution in [0.5, 0.6) is 0 Å². The van der Waals surface area contributed by atoms with E-state index in [1.54, 1.807) is 24.3 Å². The normalized spacial score (nSPS) is 26.6. The van der Waals surface area contributed by atoms with Gasteiger partial charge in [-0.1, -0.05) is 37.3 Å². The fourth-order valence-electron chi connectivity index (χ4n) is 6.73. The van der Waals surface area contributed by atoms with Crippen LogP contribution in [0, 0.1) is 17.6 Å². The van der Waals surface area contributed by atoms with Crippen LogP contribution < -0.4 is 16.0 Å². The van der Waals surface area contributed by atoms with Crippen molar-refractivity contribution in [1.82, 2.24) is 30.7 Å². The number of cyclic esters (lactones) is 1. The van der Waals surface area contributed by atoms with Crippen molar-refractivity contribution in [3.8, 4) is 0 Å². The SMILES string of the molecule is C/C=C/C=C/C=C/C(=O)N[C@@H](Cc1cc(F)cc(F)c1)C(=O)N[C@H]1COC(=O)[C@@H]2C[C@@H](C)CN2C(=O)[C@H](C)NC(=O)[C@H](C)N(C)C(=O)[C@@H]2CCCN2C1=O. The smallest absolute Gasteiger partial charge is 0.328 e. The Morgan fingerprint density at radius 3 is 2.31 bits per heavy atom. The number of nitrogens with one attached hydrogen (secondary N) is 3. The maximum absolute atomic E-state index is 14.2. The van der Waals surface area contributed by atoms with Crippen molar-refractivity contribution in [2.75, 3.05) is 26.7 Å². The third-order valence-corrected chi connectivity index (χ3v) is 9.70. The third-order valence-electron chi connectivity index (χ3n) is 9.70. The highest BCUT2D eigenvalue weighted by molar-refractivity contribution is 5.98. The van der Waals surface area contributed by atoms with Crippen LogP contribution in [-0.4, -0.2) is 119 Å². The van der Waals surface area contributed by atoms with Crippen molar-refractivity contribution >= 4 is 41.4 Å². The van der Waals surface area contributed by atoms with Gasteiger partial charge in [0.15, 0.2) is 0 Å². The highest BCUT2D eigenvalue weighted by atomic mass is 19.1. The number of allylic oxidation sites excluding steroid dienone is 5. The zero-order chi connectivity index (χ0) is 39.7. The van der Waals surface area contributed by atoms with Gasteiger partial charge in [-0.05, 0) is 63.6 Å². The first-order chi connectivity index (χ1) is 25.6. The van der Waals surface area contributed by atoms with Gasteiger partial charge in [0, 0.05) is 38.7 Å². The van der Waals surface area contributed by atoms with E-state index >= 15 is 0 Å². The van der Waals surface area contributed by atoms with Gasteiger partial charge in [-0.2, -0.15) is 0 Å². The Labute approximate surface area is 313 Å². The molecule has 3 saturated heterocycles. The van der Waals surface area contributed by atoms with E-state index in [2.05, 4.69) is 16.0 Å². The van der Waals surface area contributed by atoms with Crippen LogP contribution in [0.4, 0.5) is 8.78 Å². The molecule has 292 valence electrons. The van der Waals surface area contributed by atoms with Gasteiger partial charge in [-0.3, -0.25) is 28.8 Å². The zero-order valence-electron chi connectivity index (χ0n) is 31.1. The lowest BCUT2D eigenvalue weighted by Crippen LogP contribution is -2.60. The van der Waals surface area contributed by atoms with Gasteiger partial charge >= 0.3 is 5.97 Å². The minimum atomic E-state index is -1.58. The first-order valence-corrected chi connectivity index (χ1v) is 18.0. The molecule has 0 bridgehead atoms. The van der Waals surface area contributed by atoms with Gasteiger partial charge in [0.05, 0.1) is 0 Å². The number of nitrogens with zero attached hydrogens (tertiary/aromatic N) is 3. The summed E-state index contributed by atoms with van der Waals surface area (Å²) in [6.07, 6.45) is 9.81. The quantitative estimate of drug-likeness (QED) is 0.202. The molecular weight excluding hydrogens is 706 g/mol. The predicted molar refractivity (Wildman–Crippen MR) is 192 cm³/mol. The average Bonchev–Trinajstić information content (AvgIpc) is 3.77. The largest absolute Gasteiger partial charge is 0.461 e. The molecular formula is C38H48F2N6O8. The fourth-order valence-corrected chi connectivity index (χ4v) is 6.73. The molecule has 0 spiro atoms. The molecule has 1 aromatic carbocycles. The molecule has 16 heteroatoms. The topological polar surface area (TPSA) is 175 Å². The zero-order valence-corrected chi connectivity index (χ0v) is 31.1. The predicted octanol–water partition coefficient (Wildman–Crippen LogP) is 1.30. The lowest BCUT2D eigenvalue weighted by molar-refractivity contribution is -0.158. The second kappa shape index (κ2) is 18.6. The second-order valence-electron chi connectivity index (χ2n) is 13.9. The summed E-state index contributed by atoms with van der Waals surface area (Å²) in [4.78, 5) is 98.9. The summed E-state index contributed by atoms with van der Waals surface area (Å²) in [6.45, 7) is 6.23. The van der Waals surface area contributed by atoms with Gasteiger partial charge in [0.1, 0.15) is 54.5 Å². The van der Waals surface area contributed by atoms with Crippen molar-refractivity contribution in [3.05, 3.63) is 71.9 Å². The van der Waals surface area contributed by atoms with Gasteiger partial charge in [-0.15, -0.1) is 0 Å². The third kappa shape index (κ3) is 10.4. The second-order valence-corrected chi connectivity index (χ2v) is 13.9. The molecule has 0 aromatic heterocycles. The summed E-state index contributed by atoms with van der Waals surface area (Å²) in [5.41, 5.74) is 0.0291. The molecule has 0 unspecified atom stereocenters. The number of carbonyl (C=O) groups is 7. The van der Waals surface area contributed by atoms with E-state index in [9.17, 15) is 42.3 Å². The number of hydrogen-bond donors (Lipinski definition) is 3. The monoisotopic (exact) mass is 754 g/mol. The van der Waals surface area contributed by atoms with Crippen LogP contribution in [0.2, 0.25) is 0 Å². The van der Waals surface area contributed by atoms with Crippen LogP contribution in [0.15, 0.2) is 54.7 Å². The number of benzene rings is 1. The number of likely N-dealkylation sites (N-methyl/N-ethyl adjacent to an activating group) is 1. The van der Waals surface area contributed by atoms with Gasteiger partial charge in [0.2, 0.25) is 35.4 Å². The first kappa shape index (κ1) is 41.3. The summed E-state index contributed by atoms with van der Waals surface area (Å²) < 4.78 is 33.9. The number of carbonyl (C=O) groups excluding carboxylic acids is 7. The minimum absolute atomic E-state index is 0.0291. The molecule has 0 aliphatic carbocycles. The molecule has 6 amide bonds. The molecule has 0 radical (unpaired) electrons. The van der Waals surface area contributed by atoms with E-state index in [4.69, 9.17) is 4.74 Å². The Kier molecular flexibility index (Phi) is 14.2. The van der Waals surface area contributed by atoms with E-state index < -0.39 is 95.9 Å². The number of hydrogen-bond acceptors (Lipinski definition) is 8. The first-order valence-electron chi connectivity index (χ1n) is 18.0. The molecule has 3 N–H and O–H groups in total. The highest BCUT2D eigenvalue weighted by Gasteiger charge is 2.44. The number of esters is 1. The Hall–Kier alpha value is -5.41. The minimum Gasteiger partial charge on any atom is -0.461 e. The Morgan fingerprint density at radius 2 is 1.63 bits per heavy atom. The van der Waals surface area contributed by atoms with Crippen LogP contribution >= 0.6 is 0 Å². The molecule has 3 heterocycles. The summed E-state index contributed by atoms with van der Waals surface area (Å²) in [6, 6.07) is -4.55. The standard InChI is InChI=1S/C38H48F2N6O8/c1-6-7-8-9-10-13-32(47)42-28(18-25-16-26(39)19-27(40)17-25)34(49)43-29-21-54-38(53)31-15-22(2)20-46(31)35(50)23(3)41-33(48)24(4)44(5)37(52)30-12-11-14-45(30)36(29)51/h6-10,13,16-17,19,22-24,28-31H,11-12,14-15,18,20-21H2,1-5H3,(H,41,48)(H,42,47)(H,43,49)/b7-6+,9-8+,13-10+/t22-,23+,24+,28+,29+,30+,31+/m1/s1. The van der Waals surface area contributed by atoms with Gasteiger partial charge in [-0.25, -0.2) is 13.6 Å². The van der Waals surface area contributed by atoms with Crippen LogP contribution in [0.3, 0.4) is 0 Å². The molecule has 1 aromatic rings. The van der Waals surface area contributed by atoms with Crippen LogP contribution in [-0.2, 0) is 44.7 Å². The summed E-state index contributed by atoms with van der Waals surface area (Å²) in [5.74, 6) is -6.92. The lowest BCUT2D eigenvalue weighted by atomic mass is 10.0. The number of rotatable bonds is 8. The molecule has 7 atom stereocenters. The molecule has 3 aliphatic rings. The molecule has 0 saturated carbocycles. The van der Waals surface area contributed by atoms with Crippen molar-refractivity contribution in [2.45, 2.75) is 89.6 Å². The van der Waals surface area contributed by atoms with E-state index in [1.165, 1.54) is 41.7 Å². The number of halogens is 2. The summed E-state index contributed by atoms with van der Waals surface area (Å²) in [7, 11) is 1.41. The molecule has 3 aliphatic heterocycles. The number of ether oxygens (including phenoxy) is 1. The van der Waals surface area contributed by atoms with Crippen molar-refractivity contribution < 1.29 is 47.1 Å². The maximum Gasteiger partial charge on any atom is 0.328 e. The lowest BCUT2D eigenvalue weighted by Gasteiger charge is -2.34. The summed E-state index contributed by atoms with van der Waals surface area (Å²) >= 11 is 0. The molecule has 14 nitrogen and oxygen atoms in total. The van der Waals surface area contributed by atoms with E-state index in [1.807, 2.05) is 13.8 Å². The molecule has 54 heavy (non-hydrogen) atoms. The Balaban J connectivity index is 1.68.